The Labute approximate surface area is 156 Å². The molecule has 3 aromatic carbocycles. The summed E-state index contributed by atoms with van der Waals surface area (Å²) in [4.78, 5) is 0. The van der Waals surface area contributed by atoms with Crippen LogP contribution in [0.4, 0.5) is 13.2 Å². The highest BCUT2D eigenvalue weighted by atomic mass is 19.2. The number of rotatable bonds is 6. The normalized spacial score (nSPS) is 10.7. The number of ether oxygens (including phenoxy) is 2. The first kappa shape index (κ1) is 18.8. The van der Waals surface area contributed by atoms with Crippen LogP contribution in [0, 0.1) is 17.5 Å². The summed E-state index contributed by atoms with van der Waals surface area (Å²) >= 11 is 0. The van der Waals surface area contributed by atoms with Crippen molar-refractivity contribution in [3.63, 3.8) is 0 Å². The molecule has 0 aromatic heterocycles. The number of aryl methyl sites for hydroxylation is 1. The number of methoxy groups -OCH3 is 1. The zero-order chi connectivity index (χ0) is 19.4. The third-order valence-corrected chi connectivity index (χ3v) is 4.33. The lowest BCUT2D eigenvalue weighted by Crippen LogP contribution is -1.98. The Morgan fingerprint density at radius 1 is 0.778 bits per heavy atom. The Morgan fingerprint density at radius 2 is 1.44 bits per heavy atom. The molecule has 5 heteroatoms. The molecule has 0 saturated heterocycles. The standard InChI is InChI=1S/C22H19F3O2/c1-3-14-6-10-19(18(23)12-14)27-13-15-4-7-16(8-5-15)17-9-11-20(26-2)22(25)21(17)24/h4-12H,3,13H2,1-2H3. The number of halogens is 3. The van der Waals surface area contributed by atoms with Crippen LogP contribution < -0.4 is 9.47 Å². The summed E-state index contributed by atoms with van der Waals surface area (Å²) in [5, 5.41) is 0. The number of benzene rings is 3. The van der Waals surface area contributed by atoms with Gasteiger partial charge in [0.1, 0.15) is 6.61 Å². The van der Waals surface area contributed by atoms with E-state index >= 15 is 0 Å². The third kappa shape index (κ3) is 4.08. The van der Waals surface area contributed by atoms with E-state index in [1.54, 1.807) is 30.3 Å². The lowest BCUT2D eigenvalue weighted by Gasteiger charge is -2.10. The van der Waals surface area contributed by atoms with E-state index in [2.05, 4.69) is 0 Å². The van der Waals surface area contributed by atoms with E-state index in [0.29, 0.717) is 5.56 Å². The second kappa shape index (κ2) is 8.16. The molecule has 0 radical (unpaired) electrons. The largest absolute Gasteiger partial charge is 0.494 e. The minimum atomic E-state index is -1.02. The number of hydrogen-bond donors (Lipinski definition) is 0. The van der Waals surface area contributed by atoms with Crippen molar-refractivity contribution < 1.29 is 22.6 Å². The van der Waals surface area contributed by atoms with Crippen molar-refractivity contribution in [1.29, 1.82) is 0 Å². The first-order valence-corrected chi connectivity index (χ1v) is 8.56. The van der Waals surface area contributed by atoms with Crippen LogP contribution in [0.1, 0.15) is 18.1 Å². The van der Waals surface area contributed by atoms with Crippen LogP contribution >= 0.6 is 0 Å². The molecule has 0 atom stereocenters. The second-order valence-electron chi connectivity index (χ2n) is 6.05. The summed E-state index contributed by atoms with van der Waals surface area (Å²) in [6.07, 6.45) is 0.751. The van der Waals surface area contributed by atoms with Crippen LogP contribution in [0.5, 0.6) is 11.5 Å². The highest BCUT2D eigenvalue weighted by molar-refractivity contribution is 5.65. The second-order valence-corrected chi connectivity index (χ2v) is 6.05. The van der Waals surface area contributed by atoms with Crippen LogP contribution in [-0.2, 0) is 13.0 Å². The monoisotopic (exact) mass is 372 g/mol. The highest BCUT2D eigenvalue weighted by Gasteiger charge is 2.15. The molecule has 0 aliphatic rings. The Morgan fingerprint density at radius 3 is 2.07 bits per heavy atom. The van der Waals surface area contributed by atoms with Crippen LogP contribution in [0.2, 0.25) is 0 Å². The minimum absolute atomic E-state index is 0.141. The first-order chi connectivity index (χ1) is 13.0. The van der Waals surface area contributed by atoms with E-state index in [-0.39, 0.29) is 23.7 Å². The fourth-order valence-corrected chi connectivity index (χ4v) is 2.74. The van der Waals surface area contributed by atoms with Gasteiger partial charge in [-0.2, -0.15) is 4.39 Å². The van der Waals surface area contributed by atoms with Crippen molar-refractivity contribution in [2.75, 3.05) is 7.11 Å². The summed E-state index contributed by atoms with van der Waals surface area (Å²) in [7, 11) is 1.28. The van der Waals surface area contributed by atoms with Crippen LogP contribution in [0.25, 0.3) is 11.1 Å². The van der Waals surface area contributed by atoms with Crippen molar-refractivity contribution in [2.24, 2.45) is 0 Å². The summed E-state index contributed by atoms with van der Waals surface area (Å²) in [5.74, 6) is -2.34. The van der Waals surface area contributed by atoms with Crippen molar-refractivity contribution in [1.82, 2.24) is 0 Å². The van der Waals surface area contributed by atoms with Gasteiger partial charge in [0, 0.05) is 5.56 Å². The molecular weight excluding hydrogens is 353 g/mol. The van der Waals surface area contributed by atoms with Gasteiger partial charge in [0.25, 0.3) is 0 Å². The van der Waals surface area contributed by atoms with Gasteiger partial charge in [-0.15, -0.1) is 0 Å². The van der Waals surface area contributed by atoms with E-state index in [1.165, 1.54) is 25.3 Å². The summed E-state index contributed by atoms with van der Waals surface area (Å²) in [6.45, 7) is 2.12. The maximum Gasteiger partial charge on any atom is 0.201 e. The molecule has 0 unspecified atom stereocenters. The van der Waals surface area contributed by atoms with Gasteiger partial charge in [-0.3, -0.25) is 0 Å². The predicted molar refractivity (Wildman–Crippen MR) is 98.5 cm³/mol. The maximum atomic E-state index is 14.2. The Kier molecular flexibility index (Phi) is 5.69. The van der Waals surface area contributed by atoms with E-state index in [0.717, 1.165) is 17.5 Å². The molecule has 0 spiro atoms. The molecular formula is C22H19F3O2. The molecule has 0 bridgehead atoms. The lowest BCUT2D eigenvalue weighted by molar-refractivity contribution is 0.290. The van der Waals surface area contributed by atoms with Gasteiger partial charge in [-0.25, -0.2) is 8.78 Å². The fourth-order valence-electron chi connectivity index (χ4n) is 2.74. The van der Waals surface area contributed by atoms with Gasteiger partial charge in [0.05, 0.1) is 7.11 Å². The molecule has 2 nitrogen and oxygen atoms in total. The molecule has 0 fully saturated rings. The third-order valence-electron chi connectivity index (χ3n) is 4.33. The summed E-state index contributed by atoms with van der Waals surface area (Å²) < 4.78 is 52.3. The average molecular weight is 372 g/mol. The molecule has 0 saturated carbocycles. The van der Waals surface area contributed by atoms with Crippen LogP contribution in [0.3, 0.4) is 0 Å². The molecule has 140 valence electrons. The van der Waals surface area contributed by atoms with Crippen molar-refractivity contribution in [3.8, 4) is 22.6 Å². The van der Waals surface area contributed by atoms with Crippen LogP contribution in [-0.4, -0.2) is 7.11 Å². The first-order valence-electron chi connectivity index (χ1n) is 8.56. The van der Waals surface area contributed by atoms with Gasteiger partial charge in [-0.05, 0) is 47.4 Å². The van der Waals surface area contributed by atoms with E-state index in [9.17, 15) is 13.2 Å². The lowest BCUT2D eigenvalue weighted by atomic mass is 10.0. The predicted octanol–water partition coefficient (Wildman–Crippen LogP) is 5.92. The topological polar surface area (TPSA) is 18.5 Å². The maximum absolute atomic E-state index is 14.2. The summed E-state index contributed by atoms with van der Waals surface area (Å²) in [5.41, 5.74) is 2.35. The van der Waals surface area contributed by atoms with Gasteiger partial charge < -0.3 is 9.47 Å². The quantitative estimate of drug-likeness (QED) is 0.535. The SMILES string of the molecule is CCc1ccc(OCc2ccc(-c3ccc(OC)c(F)c3F)cc2)c(F)c1. The smallest absolute Gasteiger partial charge is 0.201 e. The van der Waals surface area contributed by atoms with Crippen molar-refractivity contribution in [2.45, 2.75) is 20.0 Å². The Hall–Kier alpha value is -2.95. The molecule has 0 amide bonds. The van der Waals surface area contributed by atoms with E-state index < -0.39 is 17.5 Å². The van der Waals surface area contributed by atoms with E-state index in [1.807, 2.05) is 13.0 Å². The zero-order valence-corrected chi connectivity index (χ0v) is 15.1. The molecule has 3 aromatic rings. The van der Waals surface area contributed by atoms with E-state index in [4.69, 9.17) is 9.47 Å². The Balaban J connectivity index is 1.74. The van der Waals surface area contributed by atoms with Crippen LogP contribution in [0.15, 0.2) is 54.6 Å². The molecule has 3 rings (SSSR count). The zero-order valence-electron chi connectivity index (χ0n) is 15.1. The Bertz CT molecular complexity index is 937. The van der Waals surface area contributed by atoms with Gasteiger partial charge in [-0.1, -0.05) is 37.3 Å². The van der Waals surface area contributed by atoms with Crippen molar-refractivity contribution >= 4 is 0 Å². The molecule has 0 heterocycles. The van der Waals surface area contributed by atoms with Crippen molar-refractivity contribution in [3.05, 3.63) is 83.2 Å². The molecule has 27 heavy (non-hydrogen) atoms. The molecule has 0 aliphatic carbocycles. The highest BCUT2D eigenvalue weighted by Crippen LogP contribution is 2.30. The van der Waals surface area contributed by atoms with Gasteiger partial charge >= 0.3 is 0 Å². The van der Waals surface area contributed by atoms with Gasteiger partial charge in [0.2, 0.25) is 5.82 Å². The average Bonchev–Trinajstić information content (AvgIpc) is 2.69. The minimum Gasteiger partial charge on any atom is -0.494 e. The molecule has 0 aliphatic heterocycles. The number of hydrogen-bond acceptors (Lipinski definition) is 2. The van der Waals surface area contributed by atoms with Gasteiger partial charge in [0.15, 0.2) is 23.1 Å². The fraction of sp³-hybridized carbons (Fsp3) is 0.182. The molecule has 0 N–H and O–H groups in total. The summed E-state index contributed by atoms with van der Waals surface area (Å²) in [6, 6.07) is 14.5.